The van der Waals surface area contributed by atoms with Crippen LogP contribution in [-0.2, 0) is 6.42 Å². The average molecular weight is 282 g/mol. The van der Waals surface area contributed by atoms with Crippen molar-refractivity contribution in [2.75, 3.05) is 0 Å². The summed E-state index contributed by atoms with van der Waals surface area (Å²) in [6, 6.07) is 15.8. The quantitative estimate of drug-likeness (QED) is 0.773. The van der Waals surface area contributed by atoms with Gasteiger partial charge in [0.05, 0.1) is 6.04 Å². The highest BCUT2D eigenvalue weighted by molar-refractivity contribution is 5.54. The van der Waals surface area contributed by atoms with E-state index in [-0.39, 0.29) is 11.9 Å². The van der Waals surface area contributed by atoms with E-state index in [4.69, 9.17) is 5.73 Å². The monoisotopic (exact) mass is 282 g/mol. The van der Waals surface area contributed by atoms with Crippen LogP contribution in [0.5, 0.6) is 0 Å². The van der Waals surface area contributed by atoms with Gasteiger partial charge in [0.2, 0.25) is 0 Å². The molecule has 0 saturated heterocycles. The minimum absolute atomic E-state index is 0.276. The molecule has 0 bridgehead atoms. The molecule has 0 aliphatic rings. The summed E-state index contributed by atoms with van der Waals surface area (Å²) in [5, 5.41) is 6.94. The molecule has 3 rings (SSSR count). The van der Waals surface area contributed by atoms with E-state index in [1.54, 1.807) is 12.1 Å². The number of nitrogens with zero attached hydrogens (tertiary/aromatic N) is 2. The van der Waals surface area contributed by atoms with Crippen molar-refractivity contribution < 1.29 is 4.39 Å². The number of hydrogen-bond donors (Lipinski definition) is 2. The molecule has 0 fully saturated rings. The van der Waals surface area contributed by atoms with E-state index in [1.807, 2.05) is 30.3 Å². The van der Waals surface area contributed by atoms with E-state index in [9.17, 15) is 4.39 Å². The molecule has 0 aliphatic carbocycles. The smallest absolute Gasteiger partial charge is 0.181 e. The zero-order valence-corrected chi connectivity index (χ0v) is 11.3. The average Bonchev–Trinajstić information content (AvgIpc) is 2.98. The molecule has 0 radical (unpaired) electrons. The first-order valence-corrected chi connectivity index (χ1v) is 6.70. The molecule has 0 amide bonds. The molecule has 1 aromatic heterocycles. The van der Waals surface area contributed by atoms with Crippen LogP contribution >= 0.6 is 0 Å². The van der Waals surface area contributed by atoms with E-state index < -0.39 is 0 Å². The van der Waals surface area contributed by atoms with Gasteiger partial charge in [-0.25, -0.2) is 9.37 Å². The summed E-state index contributed by atoms with van der Waals surface area (Å²) in [5.74, 6) is 0.735. The first-order valence-electron chi connectivity index (χ1n) is 6.70. The Morgan fingerprint density at radius 3 is 2.67 bits per heavy atom. The Balaban J connectivity index is 1.78. The lowest BCUT2D eigenvalue weighted by atomic mass is 10.1. The van der Waals surface area contributed by atoms with Crippen LogP contribution in [0.15, 0.2) is 54.6 Å². The van der Waals surface area contributed by atoms with Gasteiger partial charge in [-0.2, -0.15) is 5.10 Å². The summed E-state index contributed by atoms with van der Waals surface area (Å²) < 4.78 is 13.2. The maximum absolute atomic E-state index is 13.2. The number of halogens is 1. The first-order chi connectivity index (χ1) is 10.2. The number of benzene rings is 2. The van der Waals surface area contributed by atoms with E-state index >= 15 is 0 Å². The lowest BCUT2D eigenvalue weighted by Crippen LogP contribution is -2.15. The zero-order valence-electron chi connectivity index (χ0n) is 11.3. The number of aromatic amines is 1. The molecule has 0 spiro atoms. The molecular weight excluding hydrogens is 267 g/mol. The van der Waals surface area contributed by atoms with Gasteiger partial charge in [0.15, 0.2) is 5.82 Å². The Morgan fingerprint density at radius 2 is 1.90 bits per heavy atom. The zero-order chi connectivity index (χ0) is 14.7. The van der Waals surface area contributed by atoms with Crippen LogP contribution in [0.25, 0.3) is 11.4 Å². The molecule has 106 valence electrons. The highest BCUT2D eigenvalue weighted by Crippen LogP contribution is 2.18. The molecule has 3 aromatic rings. The molecule has 0 unspecified atom stereocenters. The number of hydrogen-bond acceptors (Lipinski definition) is 3. The molecule has 1 atom stereocenters. The maximum Gasteiger partial charge on any atom is 0.181 e. The number of aromatic nitrogens is 3. The summed E-state index contributed by atoms with van der Waals surface area (Å²) in [4.78, 5) is 4.36. The van der Waals surface area contributed by atoms with Gasteiger partial charge >= 0.3 is 0 Å². The van der Waals surface area contributed by atoms with Crippen molar-refractivity contribution in [3.8, 4) is 11.4 Å². The highest BCUT2D eigenvalue weighted by atomic mass is 19.1. The maximum atomic E-state index is 13.2. The highest BCUT2D eigenvalue weighted by Gasteiger charge is 2.13. The van der Waals surface area contributed by atoms with Gasteiger partial charge in [-0.05, 0) is 24.1 Å². The van der Waals surface area contributed by atoms with Crippen LogP contribution in [0, 0.1) is 5.82 Å². The Bertz CT molecular complexity index is 724. The molecular formula is C16H15FN4. The fraction of sp³-hybridized carbons (Fsp3) is 0.125. The van der Waals surface area contributed by atoms with Gasteiger partial charge in [0.25, 0.3) is 0 Å². The van der Waals surface area contributed by atoms with E-state index in [0.29, 0.717) is 23.6 Å². The molecule has 3 N–H and O–H groups in total. The Morgan fingerprint density at radius 1 is 1.10 bits per heavy atom. The third kappa shape index (κ3) is 3.14. The molecule has 0 aliphatic heterocycles. The van der Waals surface area contributed by atoms with Crippen molar-refractivity contribution in [1.82, 2.24) is 15.2 Å². The molecule has 1 heterocycles. The second kappa shape index (κ2) is 5.85. The van der Waals surface area contributed by atoms with Crippen molar-refractivity contribution >= 4 is 0 Å². The topological polar surface area (TPSA) is 67.6 Å². The largest absolute Gasteiger partial charge is 0.321 e. The number of H-pyrrole nitrogens is 1. The Kier molecular flexibility index (Phi) is 3.75. The minimum Gasteiger partial charge on any atom is -0.321 e. The van der Waals surface area contributed by atoms with Crippen molar-refractivity contribution in [3.63, 3.8) is 0 Å². The summed E-state index contributed by atoms with van der Waals surface area (Å²) in [7, 11) is 0. The van der Waals surface area contributed by atoms with Crippen LogP contribution in [0.1, 0.15) is 17.4 Å². The van der Waals surface area contributed by atoms with Gasteiger partial charge in [-0.15, -0.1) is 0 Å². The molecule has 0 saturated carbocycles. The fourth-order valence-electron chi connectivity index (χ4n) is 2.16. The van der Waals surface area contributed by atoms with E-state index in [1.165, 1.54) is 12.1 Å². The van der Waals surface area contributed by atoms with Crippen LogP contribution in [0.2, 0.25) is 0 Å². The normalized spacial score (nSPS) is 12.3. The predicted molar refractivity (Wildman–Crippen MR) is 78.9 cm³/mol. The number of nitrogens with two attached hydrogens (primary N) is 1. The Labute approximate surface area is 121 Å². The summed E-state index contributed by atoms with van der Waals surface area (Å²) >= 11 is 0. The van der Waals surface area contributed by atoms with Crippen LogP contribution in [-0.4, -0.2) is 15.2 Å². The lowest BCUT2D eigenvalue weighted by molar-refractivity contribution is 0.628. The third-order valence-corrected chi connectivity index (χ3v) is 3.24. The molecule has 5 heteroatoms. The Hall–Kier alpha value is -2.53. The van der Waals surface area contributed by atoms with Gasteiger partial charge in [0.1, 0.15) is 11.6 Å². The van der Waals surface area contributed by atoms with Crippen molar-refractivity contribution in [2.45, 2.75) is 12.5 Å². The second-order valence-corrected chi connectivity index (χ2v) is 4.85. The SMILES string of the molecule is N[C@@H](Cc1ccccc1)c1nc(-c2cccc(F)c2)n[nH]1. The summed E-state index contributed by atoms with van der Waals surface area (Å²) in [6.07, 6.45) is 0.665. The van der Waals surface area contributed by atoms with Crippen molar-refractivity contribution in [2.24, 2.45) is 5.73 Å². The molecule has 21 heavy (non-hydrogen) atoms. The van der Waals surface area contributed by atoms with Gasteiger partial charge in [-0.1, -0.05) is 42.5 Å². The predicted octanol–water partition coefficient (Wildman–Crippen LogP) is 2.85. The molecule has 2 aromatic carbocycles. The standard InChI is InChI=1S/C16H15FN4/c17-13-8-4-7-12(10-13)15-19-16(21-20-15)14(18)9-11-5-2-1-3-6-11/h1-8,10,14H,9,18H2,(H,19,20,21)/t14-/m0/s1. The van der Waals surface area contributed by atoms with Gasteiger partial charge in [0, 0.05) is 5.56 Å². The van der Waals surface area contributed by atoms with Gasteiger partial charge in [-0.3, -0.25) is 5.10 Å². The van der Waals surface area contributed by atoms with E-state index in [2.05, 4.69) is 15.2 Å². The third-order valence-electron chi connectivity index (χ3n) is 3.24. The van der Waals surface area contributed by atoms with E-state index in [0.717, 1.165) is 5.56 Å². The van der Waals surface area contributed by atoms with Crippen LogP contribution in [0.4, 0.5) is 4.39 Å². The lowest BCUT2D eigenvalue weighted by Gasteiger charge is -2.07. The first kappa shape index (κ1) is 13.5. The van der Waals surface area contributed by atoms with Crippen LogP contribution in [0.3, 0.4) is 0 Å². The minimum atomic E-state index is -0.313. The second-order valence-electron chi connectivity index (χ2n) is 4.85. The number of rotatable bonds is 4. The fourth-order valence-corrected chi connectivity index (χ4v) is 2.16. The van der Waals surface area contributed by atoms with Crippen LogP contribution < -0.4 is 5.73 Å². The summed E-state index contributed by atoms with van der Waals surface area (Å²) in [5.41, 5.74) is 7.90. The number of nitrogens with one attached hydrogen (secondary N) is 1. The molecule has 4 nitrogen and oxygen atoms in total. The van der Waals surface area contributed by atoms with Crippen molar-refractivity contribution in [1.29, 1.82) is 0 Å². The summed E-state index contributed by atoms with van der Waals surface area (Å²) in [6.45, 7) is 0. The van der Waals surface area contributed by atoms with Crippen molar-refractivity contribution in [3.05, 3.63) is 71.8 Å². The van der Waals surface area contributed by atoms with Gasteiger partial charge < -0.3 is 5.73 Å².